The maximum atomic E-state index is 13.1. The van der Waals surface area contributed by atoms with Gasteiger partial charge in [0.05, 0.1) is 0 Å². The molecule has 0 radical (unpaired) electrons. The third-order valence-corrected chi connectivity index (χ3v) is 5.45. The van der Waals surface area contributed by atoms with Gasteiger partial charge in [0.15, 0.2) is 0 Å². The second kappa shape index (κ2) is 8.97. The first kappa shape index (κ1) is 21.8. The number of hydrogen-bond acceptors (Lipinski definition) is 4. The molecule has 0 fully saturated rings. The molecular weight excluding hydrogens is 422 g/mol. The molecule has 4 rings (SSSR count). The summed E-state index contributed by atoms with van der Waals surface area (Å²) >= 11 is 5.97. The summed E-state index contributed by atoms with van der Waals surface area (Å²) in [5.41, 5.74) is 3.35. The molecule has 0 aliphatic carbocycles. The molecule has 0 aliphatic heterocycles. The molecule has 1 amide bonds. The van der Waals surface area contributed by atoms with Gasteiger partial charge in [0.25, 0.3) is 5.91 Å². The van der Waals surface area contributed by atoms with Gasteiger partial charge in [-0.2, -0.15) is 0 Å². The van der Waals surface area contributed by atoms with Crippen molar-refractivity contribution in [1.82, 2.24) is 15.5 Å². The molecule has 6 heteroatoms. The van der Waals surface area contributed by atoms with Crippen LogP contribution in [0.3, 0.4) is 0 Å². The Morgan fingerprint density at radius 3 is 2.19 bits per heavy atom. The van der Waals surface area contributed by atoms with Crippen LogP contribution in [0.5, 0.6) is 0 Å². The van der Waals surface area contributed by atoms with Crippen molar-refractivity contribution >= 4 is 17.5 Å². The molecule has 1 atom stereocenters. The molecular formula is C26H24ClN3O2. The Balaban J connectivity index is 1.62. The highest BCUT2D eigenvalue weighted by Crippen LogP contribution is 2.27. The normalized spacial score (nSPS) is 12.4. The van der Waals surface area contributed by atoms with E-state index in [2.05, 4.69) is 36.3 Å². The predicted molar refractivity (Wildman–Crippen MR) is 126 cm³/mol. The van der Waals surface area contributed by atoms with Gasteiger partial charge in [-0.05, 0) is 52.9 Å². The van der Waals surface area contributed by atoms with Gasteiger partial charge in [0, 0.05) is 16.1 Å². The molecule has 0 saturated carbocycles. The fourth-order valence-electron chi connectivity index (χ4n) is 3.33. The Hall–Kier alpha value is -3.44. The molecule has 1 heterocycles. The first-order valence-corrected chi connectivity index (χ1v) is 10.7. The smallest absolute Gasteiger partial charge is 0.252 e. The number of aromatic nitrogens is 2. The standard InChI is InChI=1S/C26H24ClN3O2/c1-26(2,3)20-13-9-18(10-14-20)23(31)28-22(17-7-5-4-6-8-17)25-30-29-24(32-25)19-11-15-21(27)16-12-19/h4-16,22H,1-3H3,(H,28,31)/t22-/m1/s1. The minimum atomic E-state index is -0.584. The number of amides is 1. The summed E-state index contributed by atoms with van der Waals surface area (Å²) in [7, 11) is 0. The van der Waals surface area contributed by atoms with Gasteiger partial charge in [-0.25, -0.2) is 0 Å². The maximum Gasteiger partial charge on any atom is 0.252 e. The van der Waals surface area contributed by atoms with Crippen molar-refractivity contribution in [2.75, 3.05) is 0 Å². The summed E-state index contributed by atoms with van der Waals surface area (Å²) in [6, 6.07) is 23.8. The Kier molecular flexibility index (Phi) is 6.10. The van der Waals surface area contributed by atoms with Gasteiger partial charge < -0.3 is 9.73 Å². The van der Waals surface area contributed by atoms with Gasteiger partial charge in [-0.3, -0.25) is 4.79 Å². The van der Waals surface area contributed by atoms with Gasteiger partial charge >= 0.3 is 0 Å². The molecule has 0 bridgehead atoms. The number of benzene rings is 3. The van der Waals surface area contributed by atoms with Crippen LogP contribution in [0, 0.1) is 0 Å². The minimum absolute atomic E-state index is 0.0173. The first-order valence-electron chi connectivity index (χ1n) is 10.4. The van der Waals surface area contributed by atoms with E-state index in [-0.39, 0.29) is 11.3 Å². The molecule has 32 heavy (non-hydrogen) atoms. The van der Waals surface area contributed by atoms with Crippen LogP contribution in [0.4, 0.5) is 0 Å². The fraction of sp³-hybridized carbons (Fsp3) is 0.192. The van der Waals surface area contributed by atoms with Gasteiger partial charge in [0.2, 0.25) is 11.8 Å². The lowest BCUT2D eigenvalue weighted by Crippen LogP contribution is -2.29. The lowest BCUT2D eigenvalue weighted by Gasteiger charge is -2.19. The van der Waals surface area contributed by atoms with Gasteiger partial charge in [0.1, 0.15) is 6.04 Å². The molecule has 0 saturated heterocycles. The Bertz CT molecular complexity index is 1190. The second-order valence-corrected chi connectivity index (χ2v) is 9.03. The lowest BCUT2D eigenvalue weighted by atomic mass is 9.86. The van der Waals surface area contributed by atoms with Crippen LogP contribution in [0.2, 0.25) is 5.02 Å². The van der Waals surface area contributed by atoms with Gasteiger partial charge in [-0.15, -0.1) is 10.2 Å². The van der Waals surface area contributed by atoms with Crippen molar-refractivity contribution in [3.63, 3.8) is 0 Å². The highest BCUT2D eigenvalue weighted by Gasteiger charge is 2.24. The van der Waals surface area contributed by atoms with Crippen molar-refractivity contribution in [2.45, 2.75) is 32.2 Å². The molecule has 1 aromatic heterocycles. The average molecular weight is 446 g/mol. The number of halogens is 1. The van der Waals surface area contributed by atoms with Crippen LogP contribution in [0.25, 0.3) is 11.5 Å². The molecule has 0 aliphatic rings. The molecule has 162 valence electrons. The van der Waals surface area contributed by atoms with Crippen molar-refractivity contribution in [3.8, 4) is 11.5 Å². The monoisotopic (exact) mass is 445 g/mol. The number of nitrogens with one attached hydrogen (secondary N) is 1. The number of carbonyl (C=O) groups is 1. The number of nitrogens with zero attached hydrogens (tertiary/aromatic N) is 2. The number of carbonyl (C=O) groups excluding carboxylic acids is 1. The van der Waals surface area contributed by atoms with E-state index in [1.165, 1.54) is 0 Å². The summed E-state index contributed by atoms with van der Waals surface area (Å²) in [5.74, 6) is 0.452. The maximum absolute atomic E-state index is 13.1. The quantitative estimate of drug-likeness (QED) is 0.396. The van der Waals surface area contributed by atoms with Crippen LogP contribution in [0.15, 0.2) is 83.3 Å². The molecule has 4 aromatic rings. The topological polar surface area (TPSA) is 68.0 Å². The number of hydrogen-bond donors (Lipinski definition) is 1. The highest BCUT2D eigenvalue weighted by atomic mass is 35.5. The Labute approximate surface area is 192 Å². The molecule has 0 spiro atoms. The lowest BCUT2D eigenvalue weighted by molar-refractivity contribution is 0.0938. The van der Waals surface area contributed by atoms with Crippen LogP contribution < -0.4 is 5.32 Å². The zero-order valence-corrected chi connectivity index (χ0v) is 18.9. The molecule has 5 nitrogen and oxygen atoms in total. The zero-order chi connectivity index (χ0) is 22.7. The van der Waals surface area contributed by atoms with E-state index in [4.69, 9.17) is 16.0 Å². The summed E-state index contributed by atoms with van der Waals surface area (Å²) < 4.78 is 5.95. The summed E-state index contributed by atoms with van der Waals surface area (Å²) in [6.45, 7) is 6.42. The first-order chi connectivity index (χ1) is 15.3. The van der Waals surface area contributed by atoms with Crippen molar-refractivity contribution in [2.24, 2.45) is 0 Å². The molecule has 1 N–H and O–H groups in total. The van der Waals surface area contributed by atoms with Crippen LogP contribution >= 0.6 is 11.6 Å². The van der Waals surface area contributed by atoms with Crippen LogP contribution in [-0.4, -0.2) is 16.1 Å². The Morgan fingerprint density at radius 2 is 1.56 bits per heavy atom. The highest BCUT2D eigenvalue weighted by molar-refractivity contribution is 6.30. The van der Waals surface area contributed by atoms with E-state index in [1.54, 1.807) is 12.1 Å². The van der Waals surface area contributed by atoms with Crippen molar-refractivity contribution in [3.05, 3.63) is 106 Å². The van der Waals surface area contributed by atoms with Crippen molar-refractivity contribution < 1.29 is 9.21 Å². The van der Waals surface area contributed by atoms with E-state index >= 15 is 0 Å². The number of rotatable bonds is 5. The van der Waals surface area contributed by atoms with E-state index in [0.717, 1.165) is 16.7 Å². The predicted octanol–water partition coefficient (Wildman–Crippen LogP) is 6.21. The van der Waals surface area contributed by atoms with E-state index in [0.29, 0.717) is 22.4 Å². The van der Waals surface area contributed by atoms with E-state index in [1.807, 2.05) is 66.7 Å². The fourth-order valence-corrected chi connectivity index (χ4v) is 3.46. The Morgan fingerprint density at radius 1 is 0.906 bits per heavy atom. The van der Waals surface area contributed by atoms with Crippen LogP contribution in [0.1, 0.15) is 54.2 Å². The molecule has 0 unspecified atom stereocenters. The van der Waals surface area contributed by atoms with Gasteiger partial charge in [-0.1, -0.05) is 74.8 Å². The van der Waals surface area contributed by atoms with Crippen LogP contribution in [-0.2, 0) is 5.41 Å². The SMILES string of the molecule is CC(C)(C)c1ccc(C(=O)N[C@H](c2ccccc2)c2nnc(-c3ccc(Cl)cc3)o2)cc1. The summed E-state index contributed by atoms with van der Waals surface area (Å²) in [5, 5.41) is 12.1. The molecule has 3 aromatic carbocycles. The average Bonchev–Trinajstić information content (AvgIpc) is 3.28. The second-order valence-electron chi connectivity index (χ2n) is 8.60. The largest absolute Gasteiger partial charge is 0.418 e. The van der Waals surface area contributed by atoms with E-state index in [9.17, 15) is 4.79 Å². The summed E-state index contributed by atoms with van der Waals surface area (Å²) in [4.78, 5) is 13.1. The third kappa shape index (κ3) is 4.89. The summed E-state index contributed by atoms with van der Waals surface area (Å²) in [6.07, 6.45) is 0. The zero-order valence-electron chi connectivity index (χ0n) is 18.2. The van der Waals surface area contributed by atoms with Crippen molar-refractivity contribution in [1.29, 1.82) is 0 Å². The van der Waals surface area contributed by atoms with E-state index < -0.39 is 6.04 Å². The minimum Gasteiger partial charge on any atom is -0.418 e. The third-order valence-electron chi connectivity index (χ3n) is 5.20.